The van der Waals surface area contributed by atoms with E-state index in [1.807, 2.05) is 31.2 Å². The smallest absolute Gasteiger partial charge is 0.277 e. The van der Waals surface area contributed by atoms with E-state index in [0.717, 1.165) is 28.8 Å². The van der Waals surface area contributed by atoms with Crippen LogP contribution in [0.15, 0.2) is 60.9 Å². The average molecular weight is 480 g/mol. The summed E-state index contributed by atoms with van der Waals surface area (Å²) in [7, 11) is 1.74. The number of carbonyl (C=O) groups excluding carboxylic acids is 3. The number of H-pyrrole nitrogens is 1. The monoisotopic (exact) mass is 479 g/mol. The summed E-state index contributed by atoms with van der Waals surface area (Å²) < 4.78 is 1.56. The van der Waals surface area contributed by atoms with Crippen LogP contribution in [0.5, 0.6) is 0 Å². The van der Waals surface area contributed by atoms with Crippen LogP contribution >= 0.6 is 0 Å². The van der Waals surface area contributed by atoms with E-state index in [1.165, 1.54) is 0 Å². The van der Waals surface area contributed by atoms with Crippen molar-refractivity contribution in [3.8, 4) is 11.3 Å². The van der Waals surface area contributed by atoms with E-state index in [2.05, 4.69) is 32.5 Å². The molecule has 0 spiro atoms. The third kappa shape index (κ3) is 3.57. The molecule has 180 valence electrons. The minimum atomic E-state index is -0.594. The molecule has 2 atom stereocenters. The maximum Gasteiger partial charge on any atom is 0.277 e. The molecule has 8 nitrogen and oxygen atoms in total. The summed E-state index contributed by atoms with van der Waals surface area (Å²) in [5.41, 5.74) is 4.09. The van der Waals surface area contributed by atoms with Crippen LogP contribution in [0.2, 0.25) is 0 Å². The normalized spacial score (nSPS) is 20.1. The molecule has 8 heteroatoms. The first-order valence-electron chi connectivity index (χ1n) is 12.0. The van der Waals surface area contributed by atoms with Gasteiger partial charge in [-0.3, -0.25) is 19.1 Å². The Balaban J connectivity index is 1.38. The molecule has 6 rings (SSSR count). The minimum Gasteiger partial charge on any atom is -0.351 e. The van der Waals surface area contributed by atoms with Crippen molar-refractivity contribution in [3.05, 3.63) is 89.0 Å². The van der Waals surface area contributed by atoms with Crippen molar-refractivity contribution in [2.75, 3.05) is 5.32 Å². The van der Waals surface area contributed by atoms with E-state index in [-0.39, 0.29) is 29.1 Å². The number of ketones is 2. The van der Waals surface area contributed by atoms with E-state index >= 15 is 0 Å². The van der Waals surface area contributed by atoms with Crippen LogP contribution in [-0.2, 0) is 19.9 Å². The Kier molecular flexibility index (Phi) is 5.00. The lowest BCUT2D eigenvalue weighted by molar-refractivity contribution is 0.0820. The quantitative estimate of drug-likeness (QED) is 0.430. The standard InChI is InChI=1S/C28H25N5O3/c1-28-15-19(28)25(34)22-18(9-8-16-6-4-3-5-7-16)23(31-24(22)26(28)35)17-10-12-29-21(14-17)30-27(36)20-11-13-33(2)32-20/h3-7,10-14,19,31H,8-9,15H2,1-2H3,(H,29,30,36). The summed E-state index contributed by atoms with van der Waals surface area (Å²) in [5, 5.41) is 6.91. The summed E-state index contributed by atoms with van der Waals surface area (Å²) in [6.07, 6.45) is 5.24. The highest BCUT2D eigenvalue weighted by molar-refractivity contribution is 6.21. The van der Waals surface area contributed by atoms with Crippen molar-refractivity contribution < 1.29 is 14.4 Å². The maximum atomic E-state index is 13.4. The van der Waals surface area contributed by atoms with Crippen LogP contribution in [-0.4, -0.2) is 37.2 Å². The van der Waals surface area contributed by atoms with Crippen LogP contribution in [0.4, 0.5) is 5.82 Å². The largest absolute Gasteiger partial charge is 0.351 e. The predicted octanol–water partition coefficient (Wildman–Crippen LogP) is 4.25. The number of aryl methyl sites for hydroxylation is 2. The van der Waals surface area contributed by atoms with Crippen molar-refractivity contribution in [1.29, 1.82) is 0 Å². The molecule has 1 amide bonds. The predicted molar refractivity (Wildman–Crippen MR) is 134 cm³/mol. The molecule has 1 aromatic carbocycles. The summed E-state index contributed by atoms with van der Waals surface area (Å²) in [4.78, 5) is 46.9. The van der Waals surface area contributed by atoms with E-state index in [9.17, 15) is 14.4 Å². The molecule has 1 saturated carbocycles. The molecule has 4 aromatic rings. The fraction of sp³-hybridized carbons (Fsp3) is 0.250. The number of aromatic amines is 1. The number of amides is 1. The summed E-state index contributed by atoms with van der Waals surface area (Å²) in [6.45, 7) is 1.88. The van der Waals surface area contributed by atoms with Crippen LogP contribution < -0.4 is 5.32 Å². The van der Waals surface area contributed by atoms with Gasteiger partial charge in [0.1, 0.15) is 5.82 Å². The molecular weight excluding hydrogens is 454 g/mol. The molecule has 2 aliphatic rings. The summed E-state index contributed by atoms with van der Waals surface area (Å²) in [6, 6.07) is 15.3. The van der Waals surface area contributed by atoms with E-state index < -0.39 is 5.41 Å². The summed E-state index contributed by atoms with van der Waals surface area (Å²) >= 11 is 0. The third-order valence-electron chi connectivity index (χ3n) is 7.39. The molecule has 2 N–H and O–H groups in total. The van der Waals surface area contributed by atoms with Crippen LogP contribution in [0.3, 0.4) is 0 Å². The Bertz CT molecular complexity index is 1530. The van der Waals surface area contributed by atoms with Crippen molar-refractivity contribution in [1.82, 2.24) is 19.7 Å². The first-order chi connectivity index (χ1) is 17.3. The summed E-state index contributed by atoms with van der Waals surface area (Å²) in [5.74, 6) is -0.185. The molecular formula is C28H25N5O3. The zero-order valence-electron chi connectivity index (χ0n) is 20.0. The van der Waals surface area contributed by atoms with Crippen molar-refractivity contribution in [2.45, 2.75) is 26.2 Å². The highest BCUT2D eigenvalue weighted by atomic mass is 16.2. The number of rotatable bonds is 6. The molecule has 1 fully saturated rings. The molecule has 3 aromatic heterocycles. The van der Waals surface area contributed by atoms with Crippen LogP contribution in [0, 0.1) is 11.3 Å². The maximum absolute atomic E-state index is 13.4. The van der Waals surface area contributed by atoms with Crippen LogP contribution in [0.25, 0.3) is 11.3 Å². The van der Waals surface area contributed by atoms with Gasteiger partial charge in [-0.05, 0) is 48.6 Å². The molecule has 0 saturated heterocycles. The Morgan fingerprint density at radius 3 is 2.69 bits per heavy atom. The molecule has 2 unspecified atom stereocenters. The zero-order valence-corrected chi connectivity index (χ0v) is 20.0. The number of carbonyl (C=O) groups is 3. The Morgan fingerprint density at radius 1 is 1.14 bits per heavy atom. The number of Topliss-reactive ketones (excluding diaryl/α,β-unsaturated/α-hetero) is 2. The fourth-order valence-corrected chi connectivity index (χ4v) is 5.22. The number of nitrogens with one attached hydrogen (secondary N) is 2. The number of hydrogen-bond acceptors (Lipinski definition) is 5. The van der Waals surface area contributed by atoms with Gasteiger partial charge < -0.3 is 10.3 Å². The topological polar surface area (TPSA) is 110 Å². The second kappa shape index (κ2) is 8.12. The minimum absolute atomic E-state index is 0.00652. The van der Waals surface area contributed by atoms with Crippen molar-refractivity contribution >= 4 is 23.3 Å². The Labute approximate surface area is 207 Å². The van der Waals surface area contributed by atoms with Crippen molar-refractivity contribution in [2.24, 2.45) is 18.4 Å². The number of pyridine rings is 1. The molecule has 36 heavy (non-hydrogen) atoms. The van der Waals surface area contributed by atoms with Gasteiger partial charge in [-0.1, -0.05) is 37.3 Å². The number of aromatic nitrogens is 4. The average Bonchev–Trinajstić information content (AvgIpc) is 3.21. The lowest BCUT2D eigenvalue weighted by atomic mass is 9.84. The highest BCUT2D eigenvalue weighted by Crippen LogP contribution is 2.59. The first kappa shape index (κ1) is 22.2. The highest BCUT2D eigenvalue weighted by Gasteiger charge is 2.64. The van der Waals surface area contributed by atoms with E-state index in [0.29, 0.717) is 29.9 Å². The van der Waals surface area contributed by atoms with Gasteiger partial charge in [-0.15, -0.1) is 0 Å². The number of nitrogens with zero attached hydrogens (tertiary/aromatic N) is 3. The van der Waals surface area contributed by atoms with Gasteiger partial charge >= 0.3 is 0 Å². The van der Waals surface area contributed by atoms with E-state index in [4.69, 9.17) is 0 Å². The Morgan fingerprint density at radius 2 is 1.94 bits per heavy atom. The third-order valence-corrected chi connectivity index (χ3v) is 7.39. The molecule has 2 aliphatic carbocycles. The van der Waals surface area contributed by atoms with Crippen molar-refractivity contribution in [3.63, 3.8) is 0 Å². The number of anilines is 1. The molecule has 0 aliphatic heterocycles. The fourth-order valence-electron chi connectivity index (χ4n) is 5.22. The lowest BCUT2D eigenvalue weighted by Gasteiger charge is -2.16. The van der Waals surface area contributed by atoms with Gasteiger partial charge in [0.15, 0.2) is 17.3 Å². The number of fused-ring (bicyclic) bond motifs is 2. The first-order valence-corrected chi connectivity index (χ1v) is 12.0. The zero-order chi connectivity index (χ0) is 25.0. The SMILES string of the molecule is Cn1ccc(C(=O)Nc2cc(-c3[nH]c4c(c3CCc3ccccc3)C(=O)C3CC3(C)C4=O)ccn2)n1. The van der Waals surface area contributed by atoms with Crippen LogP contribution in [0.1, 0.15) is 55.8 Å². The lowest BCUT2D eigenvalue weighted by Crippen LogP contribution is -2.27. The number of benzene rings is 1. The van der Waals surface area contributed by atoms with Gasteiger partial charge in [0.2, 0.25) is 0 Å². The molecule has 0 bridgehead atoms. The molecule has 3 heterocycles. The Hall–Kier alpha value is -4.33. The van der Waals surface area contributed by atoms with Gasteiger partial charge in [0.25, 0.3) is 5.91 Å². The van der Waals surface area contributed by atoms with Gasteiger partial charge in [-0.25, -0.2) is 4.98 Å². The number of hydrogen-bond donors (Lipinski definition) is 2. The van der Waals surface area contributed by atoms with E-state index in [1.54, 1.807) is 36.3 Å². The van der Waals surface area contributed by atoms with Gasteiger partial charge in [-0.2, -0.15) is 5.10 Å². The second-order valence-electron chi connectivity index (χ2n) is 9.84. The van der Waals surface area contributed by atoms with Gasteiger partial charge in [0, 0.05) is 36.3 Å². The van der Waals surface area contributed by atoms with Gasteiger partial charge in [0.05, 0.1) is 17.0 Å². The molecule has 0 radical (unpaired) electrons. The second-order valence-corrected chi connectivity index (χ2v) is 9.84.